The molecule has 0 atom stereocenters. The number of rotatable bonds is 6. The van der Waals surface area contributed by atoms with Crippen LogP contribution in [0.2, 0.25) is 0 Å². The largest absolute Gasteiger partial charge is 0.494 e. The third-order valence-corrected chi connectivity index (χ3v) is 3.37. The molecule has 0 aromatic heterocycles. The molecule has 1 aliphatic rings. The molecule has 120 valence electrons. The predicted octanol–water partition coefficient (Wildman–Crippen LogP) is 4.81. The van der Waals surface area contributed by atoms with E-state index in [1.165, 1.54) is 0 Å². The fourth-order valence-electron chi connectivity index (χ4n) is 1.70. The van der Waals surface area contributed by atoms with Gasteiger partial charge in [-0.05, 0) is 30.2 Å². The van der Waals surface area contributed by atoms with Crippen LogP contribution in [-0.2, 0) is 4.74 Å². The third kappa shape index (κ3) is 5.27. The van der Waals surface area contributed by atoms with Gasteiger partial charge in [-0.2, -0.15) is 0 Å². The maximum atomic E-state index is 5.70. The van der Waals surface area contributed by atoms with Crippen molar-refractivity contribution < 1.29 is 9.47 Å². The Bertz CT molecular complexity index is 539. The van der Waals surface area contributed by atoms with Gasteiger partial charge in [0.25, 0.3) is 9.69 Å². The van der Waals surface area contributed by atoms with E-state index in [2.05, 4.69) is 12.0 Å². The van der Waals surface area contributed by atoms with E-state index in [1.807, 2.05) is 30.3 Å². The molecule has 2 rings (SSSR count). The molecular formula is C15H17Cl3N2O2. The average molecular weight is 364 g/mol. The van der Waals surface area contributed by atoms with Gasteiger partial charge in [-0.1, -0.05) is 60.3 Å². The van der Waals surface area contributed by atoms with E-state index in [4.69, 9.17) is 44.3 Å². The summed E-state index contributed by atoms with van der Waals surface area (Å²) < 4.78 is 9.17. The monoisotopic (exact) mass is 362 g/mol. The second kappa shape index (κ2) is 7.95. The first kappa shape index (κ1) is 17.3. The fraction of sp³-hybridized carbons (Fsp3) is 0.400. The number of nitrogens with zero attached hydrogens (tertiary/aromatic N) is 2. The standard InChI is InChI=1S/C15H17Cl3N2O2/c1-2-3-10-21-13-6-4-12(5-7-13)8-9-20-11-22-14(19-20)15(16,17)18/h4-9H,2-3,10-11H2,1H3. The van der Waals surface area contributed by atoms with Crippen LogP contribution in [0.4, 0.5) is 0 Å². The molecule has 0 N–H and O–H groups in total. The first-order valence-electron chi connectivity index (χ1n) is 6.95. The zero-order valence-electron chi connectivity index (χ0n) is 12.1. The van der Waals surface area contributed by atoms with Crippen LogP contribution in [0.25, 0.3) is 6.08 Å². The molecule has 1 aliphatic heterocycles. The molecular weight excluding hydrogens is 347 g/mol. The lowest BCUT2D eigenvalue weighted by Crippen LogP contribution is -2.18. The molecule has 0 amide bonds. The van der Waals surface area contributed by atoms with Gasteiger partial charge < -0.3 is 9.47 Å². The van der Waals surface area contributed by atoms with Crippen LogP contribution in [0.3, 0.4) is 0 Å². The van der Waals surface area contributed by atoms with E-state index in [0.29, 0.717) is 0 Å². The fourth-order valence-corrected chi connectivity index (χ4v) is 1.98. The molecule has 0 unspecified atom stereocenters. The molecule has 0 radical (unpaired) electrons. The lowest BCUT2D eigenvalue weighted by Gasteiger charge is -2.06. The molecule has 0 saturated carbocycles. The minimum Gasteiger partial charge on any atom is -0.494 e. The van der Waals surface area contributed by atoms with Gasteiger partial charge in [0.15, 0.2) is 6.73 Å². The highest BCUT2D eigenvalue weighted by Gasteiger charge is 2.34. The first-order valence-corrected chi connectivity index (χ1v) is 8.08. The average Bonchev–Trinajstić information content (AvgIpc) is 2.96. The molecule has 1 aromatic rings. The van der Waals surface area contributed by atoms with Crippen LogP contribution in [0, 0.1) is 0 Å². The Morgan fingerprint density at radius 2 is 2.05 bits per heavy atom. The Morgan fingerprint density at radius 1 is 1.32 bits per heavy atom. The lowest BCUT2D eigenvalue weighted by atomic mass is 10.2. The smallest absolute Gasteiger partial charge is 0.268 e. The predicted molar refractivity (Wildman–Crippen MR) is 91.4 cm³/mol. The number of ether oxygens (including phenoxy) is 2. The van der Waals surface area contributed by atoms with Crippen LogP contribution in [-0.4, -0.2) is 28.0 Å². The molecule has 7 heteroatoms. The zero-order chi connectivity index (χ0) is 16.0. The summed E-state index contributed by atoms with van der Waals surface area (Å²) in [6, 6.07) is 7.81. The van der Waals surface area contributed by atoms with Crippen molar-refractivity contribution in [2.45, 2.75) is 23.6 Å². The van der Waals surface area contributed by atoms with E-state index in [9.17, 15) is 0 Å². The normalized spacial score (nSPS) is 15.1. The van der Waals surface area contributed by atoms with Gasteiger partial charge in [-0.3, -0.25) is 0 Å². The van der Waals surface area contributed by atoms with E-state index >= 15 is 0 Å². The van der Waals surface area contributed by atoms with E-state index in [1.54, 1.807) is 11.2 Å². The van der Waals surface area contributed by atoms with Crippen LogP contribution in [0.15, 0.2) is 35.6 Å². The summed E-state index contributed by atoms with van der Waals surface area (Å²) in [6.07, 6.45) is 5.83. The number of alkyl halides is 3. The Morgan fingerprint density at radius 3 is 2.64 bits per heavy atom. The summed E-state index contributed by atoms with van der Waals surface area (Å²) in [5.74, 6) is 0.938. The number of hydrogen-bond donors (Lipinski definition) is 0. The van der Waals surface area contributed by atoms with Gasteiger partial charge in [0.1, 0.15) is 5.75 Å². The maximum Gasteiger partial charge on any atom is 0.268 e. The quantitative estimate of drug-likeness (QED) is 0.537. The molecule has 0 fully saturated rings. The Labute approximate surface area is 145 Å². The van der Waals surface area contributed by atoms with Gasteiger partial charge in [0.2, 0.25) is 0 Å². The summed E-state index contributed by atoms with van der Waals surface area (Å²) in [7, 11) is 0. The topological polar surface area (TPSA) is 34.1 Å². The summed E-state index contributed by atoms with van der Waals surface area (Å²) in [4.78, 5) is 0. The second-order valence-electron chi connectivity index (χ2n) is 4.70. The molecule has 0 bridgehead atoms. The number of hydrazone groups is 1. The maximum absolute atomic E-state index is 5.70. The number of hydrogen-bond acceptors (Lipinski definition) is 4. The van der Waals surface area contributed by atoms with E-state index < -0.39 is 3.79 Å². The van der Waals surface area contributed by atoms with E-state index in [-0.39, 0.29) is 12.6 Å². The number of halogens is 3. The highest BCUT2D eigenvalue weighted by atomic mass is 35.6. The second-order valence-corrected chi connectivity index (χ2v) is 6.98. The number of unbranched alkanes of at least 4 members (excludes halogenated alkanes) is 1. The van der Waals surface area contributed by atoms with Crippen molar-refractivity contribution in [1.82, 2.24) is 5.01 Å². The molecule has 0 spiro atoms. The Hall–Kier alpha value is -1.10. The van der Waals surface area contributed by atoms with Crippen molar-refractivity contribution in [3.63, 3.8) is 0 Å². The minimum atomic E-state index is -1.64. The summed E-state index contributed by atoms with van der Waals surface area (Å²) >= 11 is 17.1. The van der Waals surface area contributed by atoms with Crippen molar-refractivity contribution in [1.29, 1.82) is 0 Å². The van der Waals surface area contributed by atoms with Crippen molar-refractivity contribution in [2.75, 3.05) is 13.3 Å². The van der Waals surface area contributed by atoms with Gasteiger partial charge in [0.05, 0.1) is 6.61 Å². The molecule has 0 aliphatic carbocycles. The van der Waals surface area contributed by atoms with E-state index in [0.717, 1.165) is 30.8 Å². The summed E-state index contributed by atoms with van der Waals surface area (Å²) in [6.45, 7) is 3.10. The molecule has 1 heterocycles. The van der Waals surface area contributed by atoms with Crippen LogP contribution in [0.5, 0.6) is 5.75 Å². The Balaban J connectivity index is 1.90. The SMILES string of the molecule is CCCCOc1ccc(C=CN2COC(C(Cl)(Cl)Cl)=N2)cc1. The van der Waals surface area contributed by atoms with Crippen molar-refractivity contribution in [3.8, 4) is 5.75 Å². The van der Waals surface area contributed by atoms with Gasteiger partial charge in [-0.15, -0.1) is 5.10 Å². The first-order chi connectivity index (χ1) is 10.5. The summed E-state index contributed by atoms with van der Waals surface area (Å²) in [5, 5.41) is 5.62. The highest BCUT2D eigenvalue weighted by Crippen LogP contribution is 2.31. The van der Waals surface area contributed by atoms with Gasteiger partial charge >= 0.3 is 0 Å². The molecule has 4 nitrogen and oxygen atoms in total. The molecule has 22 heavy (non-hydrogen) atoms. The van der Waals surface area contributed by atoms with Crippen molar-refractivity contribution in [3.05, 3.63) is 36.0 Å². The highest BCUT2D eigenvalue weighted by molar-refractivity contribution is 6.76. The number of benzene rings is 1. The van der Waals surface area contributed by atoms with Gasteiger partial charge in [0, 0.05) is 6.20 Å². The third-order valence-electron chi connectivity index (χ3n) is 2.88. The summed E-state index contributed by atoms with van der Waals surface area (Å²) in [5.41, 5.74) is 1.01. The zero-order valence-corrected chi connectivity index (χ0v) is 14.4. The Kier molecular flexibility index (Phi) is 6.24. The molecule has 0 saturated heterocycles. The van der Waals surface area contributed by atoms with Crippen molar-refractivity contribution in [2.24, 2.45) is 5.10 Å². The molecule has 1 aromatic carbocycles. The van der Waals surface area contributed by atoms with Crippen LogP contribution < -0.4 is 4.74 Å². The van der Waals surface area contributed by atoms with Crippen LogP contribution in [0.1, 0.15) is 25.3 Å². The minimum absolute atomic E-state index is 0.0711. The van der Waals surface area contributed by atoms with Gasteiger partial charge in [-0.25, -0.2) is 5.01 Å². The lowest BCUT2D eigenvalue weighted by molar-refractivity contribution is 0.217. The van der Waals surface area contributed by atoms with Crippen molar-refractivity contribution >= 4 is 46.8 Å². The van der Waals surface area contributed by atoms with Crippen LogP contribution >= 0.6 is 34.8 Å².